The molecule has 2 aromatic rings. The highest BCUT2D eigenvalue weighted by Gasteiger charge is 2.20. The average Bonchev–Trinajstić information content (AvgIpc) is 3.23. The Morgan fingerprint density at radius 2 is 1.96 bits per heavy atom. The third kappa shape index (κ3) is 7.25. The van der Waals surface area contributed by atoms with Crippen LogP contribution in [-0.4, -0.2) is 57.9 Å². The number of pyridine rings is 1. The molecule has 0 unspecified atom stereocenters. The lowest BCUT2D eigenvalue weighted by Crippen LogP contribution is -2.49. The zero-order valence-corrected chi connectivity index (χ0v) is 18.8. The normalized spacial score (nSPS) is 15.2. The van der Waals surface area contributed by atoms with E-state index in [2.05, 4.69) is 43.7 Å². The van der Waals surface area contributed by atoms with E-state index in [-0.39, 0.29) is 24.0 Å². The number of nitrogens with zero attached hydrogens (tertiary/aromatic N) is 6. The van der Waals surface area contributed by atoms with E-state index in [1.807, 2.05) is 22.9 Å². The summed E-state index contributed by atoms with van der Waals surface area (Å²) in [5, 5.41) is 14.6. The Labute approximate surface area is 184 Å². The maximum atomic E-state index is 4.73. The van der Waals surface area contributed by atoms with Gasteiger partial charge in [0.05, 0.1) is 0 Å². The van der Waals surface area contributed by atoms with Crippen LogP contribution in [0.3, 0.4) is 0 Å². The van der Waals surface area contributed by atoms with E-state index in [9.17, 15) is 0 Å². The van der Waals surface area contributed by atoms with Crippen LogP contribution in [0.25, 0.3) is 0 Å². The number of aliphatic imine (C=N–C) groups is 1. The molecule has 0 radical (unpaired) electrons. The lowest BCUT2D eigenvalue weighted by Gasteiger charge is -2.33. The molecule has 3 rings (SSSR count). The number of halogens is 1. The first-order valence-corrected chi connectivity index (χ1v) is 9.88. The van der Waals surface area contributed by atoms with Crippen molar-refractivity contribution in [1.29, 1.82) is 0 Å². The van der Waals surface area contributed by atoms with Crippen molar-refractivity contribution >= 4 is 35.8 Å². The quantitative estimate of drug-likeness (QED) is 0.252. The largest absolute Gasteiger partial charge is 0.357 e. The van der Waals surface area contributed by atoms with Gasteiger partial charge in [-0.05, 0) is 44.7 Å². The highest BCUT2D eigenvalue weighted by Crippen LogP contribution is 2.17. The number of anilines is 1. The van der Waals surface area contributed by atoms with Crippen LogP contribution in [0.4, 0.5) is 5.82 Å². The Balaban J connectivity index is 0.00000280. The van der Waals surface area contributed by atoms with Crippen LogP contribution in [0, 0.1) is 0 Å². The van der Waals surface area contributed by atoms with Crippen molar-refractivity contribution in [1.82, 2.24) is 30.4 Å². The summed E-state index contributed by atoms with van der Waals surface area (Å²) in [6.07, 6.45) is 9.68. The molecule has 1 aliphatic heterocycles. The molecular formula is C19H31IN8. The molecule has 2 N–H and O–H groups in total. The van der Waals surface area contributed by atoms with Gasteiger partial charge in [-0.1, -0.05) is 6.07 Å². The van der Waals surface area contributed by atoms with E-state index >= 15 is 0 Å². The molecule has 0 saturated carbocycles. The predicted octanol–water partition coefficient (Wildman–Crippen LogP) is 2.30. The number of hydrogen-bond donors (Lipinski definition) is 2. The minimum atomic E-state index is 0. The fourth-order valence-electron chi connectivity index (χ4n) is 3.24. The van der Waals surface area contributed by atoms with Gasteiger partial charge < -0.3 is 20.1 Å². The van der Waals surface area contributed by atoms with Gasteiger partial charge in [0.15, 0.2) is 5.96 Å². The van der Waals surface area contributed by atoms with Gasteiger partial charge in [0.1, 0.15) is 18.5 Å². The zero-order chi connectivity index (χ0) is 18.7. The number of hydrogen-bond acceptors (Lipinski definition) is 5. The first-order chi connectivity index (χ1) is 13.3. The van der Waals surface area contributed by atoms with Gasteiger partial charge >= 0.3 is 0 Å². The molecule has 0 aliphatic carbocycles. The molecule has 28 heavy (non-hydrogen) atoms. The molecular weight excluding hydrogens is 467 g/mol. The van der Waals surface area contributed by atoms with E-state index in [1.165, 1.54) is 0 Å². The van der Waals surface area contributed by atoms with E-state index in [1.54, 1.807) is 12.7 Å². The lowest BCUT2D eigenvalue weighted by atomic mass is 10.1. The summed E-state index contributed by atoms with van der Waals surface area (Å²) < 4.78 is 2.00. The first-order valence-electron chi connectivity index (χ1n) is 9.88. The van der Waals surface area contributed by atoms with Gasteiger partial charge in [-0.3, -0.25) is 4.99 Å². The van der Waals surface area contributed by atoms with E-state index < -0.39 is 0 Å². The Bertz CT molecular complexity index is 669. The fraction of sp³-hybridized carbons (Fsp3) is 0.579. The average molecular weight is 498 g/mol. The minimum absolute atomic E-state index is 0. The molecule has 8 nitrogen and oxygen atoms in total. The van der Waals surface area contributed by atoms with Crippen molar-refractivity contribution in [2.45, 2.75) is 45.2 Å². The van der Waals surface area contributed by atoms with Crippen LogP contribution in [0.5, 0.6) is 0 Å². The summed E-state index contributed by atoms with van der Waals surface area (Å²) in [6.45, 7) is 6.79. The molecule has 1 fully saturated rings. The second-order valence-corrected chi connectivity index (χ2v) is 6.76. The van der Waals surface area contributed by atoms with Crippen molar-refractivity contribution in [3.63, 3.8) is 0 Å². The van der Waals surface area contributed by atoms with Crippen LogP contribution in [0.2, 0.25) is 0 Å². The maximum Gasteiger partial charge on any atom is 0.191 e. The summed E-state index contributed by atoms with van der Waals surface area (Å²) in [5.74, 6) is 2.00. The Morgan fingerprint density at radius 1 is 1.18 bits per heavy atom. The van der Waals surface area contributed by atoms with Gasteiger partial charge in [-0.15, -0.1) is 34.2 Å². The van der Waals surface area contributed by atoms with Gasteiger partial charge in [-0.2, -0.15) is 0 Å². The molecule has 1 saturated heterocycles. The molecule has 0 spiro atoms. The van der Waals surface area contributed by atoms with Gasteiger partial charge in [0.2, 0.25) is 0 Å². The minimum Gasteiger partial charge on any atom is -0.357 e. The summed E-state index contributed by atoms with van der Waals surface area (Å²) in [6, 6.07) is 6.55. The molecule has 0 aromatic carbocycles. The third-order valence-corrected chi connectivity index (χ3v) is 4.71. The molecule has 0 atom stereocenters. The van der Waals surface area contributed by atoms with Crippen molar-refractivity contribution < 1.29 is 0 Å². The summed E-state index contributed by atoms with van der Waals surface area (Å²) in [7, 11) is 0. The summed E-state index contributed by atoms with van der Waals surface area (Å²) in [4.78, 5) is 11.5. The number of guanidine groups is 1. The fourth-order valence-corrected chi connectivity index (χ4v) is 3.24. The molecule has 2 aromatic heterocycles. The van der Waals surface area contributed by atoms with Crippen molar-refractivity contribution in [3.8, 4) is 0 Å². The van der Waals surface area contributed by atoms with E-state index in [0.717, 1.165) is 70.2 Å². The van der Waals surface area contributed by atoms with Crippen molar-refractivity contribution in [2.24, 2.45) is 4.99 Å². The van der Waals surface area contributed by atoms with Crippen molar-refractivity contribution in [2.75, 3.05) is 31.1 Å². The number of aromatic nitrogens is 4. The number of nitrogens with one attached hydrogen (secondary N) is 2. The highest BCUT2D eigenvalue weighted by atomic mass is 127. The Morgan fingerprint density at radius 3 is 2.64 bits per heavy atom. The summed E-state index contributed by atoms with van der Waals surface area (Å²) >= 11 is 0. The third-order valence-electron chi connectivity index (χ3n) is 4.71. The predicted molar refractivity (Wildman–Crippen MR) is 123 cm³/mol. The molecule has 0 amide bonds. The van der Waals surface area contributed by atoms with Crippen LogP contribution in [-0.2, 0) is 6.54 Å². The van der Waals surface area contributed by atoms with Crippen LogP contribution >= 0.6 is 24.0 Å². The summed E-state index contributed by atoms with van der Waals surface area (Å²) in [5.41, 5.74) is 0. The second kappa shape index (κ2) is 12.5. The number of rotatable bonds is 8. The zero-order valence-electron chi connectivity index (χ0n) is 16.5. The van der Waals surface area contributed by atoms with Crippen molar-refractivity contribution in [3.05, 3.63) is 37.1 Å². The topological polar surface area (TPSA) is 83.3 Å². The lowest BCUT2D eigenvalue weighted by molar-refractivity contribution is 0.459. The standard InChI is InChI=1S/C19H30N8.HI/c1-2-20-19(22-11-5-6-12-26-15-23-24-16-26)25-17-8-13-27(14-9-17)18-7-3-4-10-21-18;/h3-4,7,10,15-17H,2,5-6,8-9,11-14H2,1H3,(H2,20,22,25);1H. The molecule has 9 heteroatoms. The molecule has 154 valence electrons. The number of unbranched alkanes of at least 4 members (excludes halogenated alkanes) is 1. The molecule has 0 bridgehead atoms. The number of piperidine rings is 1. The number of aryl methyl sites for hydroxylation is 1. The van der Waals surface area contributed by atoms with Gasteiger partial charge in [0, 0.05) is 45.0 Å². The van der Waals surface area contributed by atoms with Crippen LogP contribution in [0.15, 0.2) is 42.0 Å². The second-order valence-electron chi connectivity index (χ2n) is 6.76. The molecule has 3 heterocycles. The van der Waals surface area contributed by atoms with Crippen LogP contribution in [0.1, 0.15) is 32.6 Å². The highest BCUT2D eigenvalue weighted by molar-refractivity contribution is 14.0. The Kier molecular flexibility index (Phi) is 10.0. The smallest absolute Gasteiger partial charge is 0.191 e. The van der Waals surface area contributed by atoms with E-state index in [0.29, 0.717) is 6.04 Å². The first kappa shape index (κ1) is 22.4. The Hall–Kier alpha value is -1.91. The van der Waals surface area contributed by atoms with Gasteiger partial charge in [0.25, 0.3) is 0 Å². The SMILES string of the molecule is CCNC(=NCCCCn1cnnc1)NC1CCN(c2ccccn2)CC1.I. The van der Waals surface area contributed by atoms with Crippen LogP contribution < -0.4 is 15.5 Å². The van der Waals surface area contributed by atoms with E-state index in [4.69, 9.17) is 4.99 Å². The maximum absolute atomic E-state index is 4.73. The van der Waals surface area contributed by atoms with Gasteiger partial charge in [-0.25, -0.2) is 4.98 Å². The monoisotopic (exact) mass is 498 g/mol. The molecule has 1 aliphatic rings.